The van der Waals surface area contributed by atoms with Crippen LogP contribution in [0.3, 0.4) is 0 Å². The lowest BCUT2D eigenvalue weighted by Gasteiger charge is -2.38. The van der Waals surface area contributed by atoms with Gasteiger partial charge in [-0.05, 0) is 55.5 Å². The number of amides is 2. The minimum absolute atomic E-state index is 0.0343. The summed E-state index contributed by atoms with van der Waals surface area (Å²) in [5, 5.41) is 3.96. The molecule has 12 heteroatoms. The first-order valence-corrected chi connectivity index (χ1v) is 16.3. The summed E-state index contributed by atoms with van der Waals surface area (Å²) in [5.74, 6) is 1.68. The lowest BCUT2D eigenvalue weighted by Crippen LogP contribution is -2.50. The number of nitrogens with zero attached hydrogens (tertiary/aromatic N) is 5. The maximum atomic E-state index is 14.3. The van der Waals surface area contributed by atoms with E-state index in [9.17, 15) is 14.0 Å². The number of ether oxygens (including phenoxy) is 2. The predicted molar refractivity (Wildman–Crippen MR) is 173 cm³/mol. The van der Waals surface area contributed by atoms with Gasteiger partial charge in [-0.25, -0.2) is 14.2 Å². The van der Waals surface area contributed by atoms with Crippen molar-refractivity contribution in [3.8, 4) is 17.3 Å². The van der Waals surface area contributed by atoms with Crippen molar-refractivity contribution in [1.29, 1.82) is 0 Å². The van der Waals surface area contributed by atoms with Crippen LogP contribution in [0.4, 0.5) is 14.9 Å². The molecule has 3 N–H and O–H groups in total. The maximum Gasteiger partial charge on any atom is 0.407 e. The molecular formula is C34H40FN7O4. The van der Waals surface area contributed by atoms with E-state index in [4.69, 9.17) is 20.2 Å². The summed E-state index contributed by atoms with van der Waals surface area (Å²) in [6, 6.07) is 12.0. The summed E-state index contributed by atoms with van der Waals surface area (Å²) in [6.07, 6.45) is 2.82. The van der Waals surface area contributed by atoms with Crippen molar-refractivity contribution in [3.63, 3.8) is 0 Å². The fraction of sp³-hybridized carbons (Fsp3) is 0.500. The Kier molecular flexibility index (Phi) is 6.89. The molecule has 4 fully saturated rings. The first-order valence-electron chi connectivity index (χ1n) is 16.3. The Labute approximate surface area is 266 Å². The van der Waals surface area contributed by atoms with Crippen LogP contribution < -0.4 is 20.7 Å². The Morgan fingerprint density at radius 1 is 1.17 bits per heavy atom. The maximum absolute atomic E-state index is 14.3. The lowest BCUT2D eigenvalue weighted by molar-refractivity contribution is 0.0367. The molecule has 5 heterocycles. The van der Waals surface area contributed by atoms with Crippen molar-refractivity contribution in [2.75, 3.05) is 44.7 Å². The third-order valence-electron chi connectivity index (χ3n) is 10.3. The number of aromatic nitrogens is 3. The number of likely N-dealkylation sites (tertiary alicyclic amines) is 1. The van der Waals surface area contributed by atoms with Crippen LogP contribution in [0, 0.1) is 5.92 Å². The molecule has 0 unspecified atom stereocenters. The fourth-order valence-corrected chi connectivity index (χ4v) is 7.57. The Balaban J connectivity index is 1.15. The number of carbonyl (C=O) groups is 2. The van der Waals surface area contributed by atoms with Crippen molar-refractivity contribution in [3.05, 3.63) is 42.0 Å². The zero-order valence-electron chi connectivity index (χ0n) is 26.3. The molecule has 3 saturated heterocycles. The second-order valence-corrected chi connectivity index (χ2v) is 13.6. The molecule has 4 aromatic rings. The number of rotatable bonds is 6. The van der Waals surface area contributed by atoms with E-state index in [1.54, 1.807) is 19.2 Å². The third kappa shape index (κ3) is 5.03. The van der Waals surface area contributed by atoms with E-state index < -0.39 is 6.17 Å². The summed E-state index contributed by atoms with van der Waals surface area (Å²) in [4.78, 5) is 34.2. The highest BCUT2D eigenvalue weighted by Gasteiger charge is 2.43. The van der Waals surface area contributed by atoms with Gasteiger partial charge in [0.05, 0.1) is 36.9 Å². The number of hydrogen-bond donors (Lipinski definition) is 2. The van der Waals surface area contributed by atoms with E-state index in [0.29, 0.717) is 35.8 Å². The average molecular weight is 630 g/mol. The van der Waals surface area contributed by atoms with Gasteiger partial charge < -0.3 is 39.5 Å². The van der Waals surface area contributed by atoms with Crippen LogP contribution in [0.15, 0.2) is 36.4 Å². The first kappa shape index (κ1) is 29.1. The molecule has 0 radical (unpaired) electrons. The highest BCUT2D eigenvalue weighted by molar-refractivity contribution is 6.00. The van der Waals surface area contributed by atoms with Crippen LogP contribution in [0.5, 0.6) is 5.75 Å². The quantitative estimate of drug-likeness (QED) is 0.328. The van der Waals surface area contributed by atoms with Crippen LogP contribution in [0.1, 0.15) is 42.5 Å². The van der Waals surface area contributed by atoms with Crippen LogP contribution in [0.2, 0.25) is 0 Å². The molecule has 2 amide bonds. The Bertz CT molecular complexity index is 1850. The molecule has 2 aromatic heterocycles. The molecule has 8 rings (SSSR count). The van der Waals surface area contributed by atoms with E-state index in [-0.39, 0.29) is 36.6 Å². The number of carbonyl (C=O) groups excluding carboxylic acids is 2. The van der Waals surface area contributed by atoms with Gasteiger partial charge in [-0.15, -0.1) is 0 Å². The minimum Gasteiger partial charge on any atom is -0.494 e. The Morgan fingerprint density at radius 3 is 2.67 bits per heavy atom. The Morgan fingerprint density at radius 2 is 1.98 bits per heavy atom. The minimum atomic E-state index is -1.13. The summed E-state index contributed by atoms with van der Waals surface area (Å²) in [5.41, 5.74) is 10.8. The lowest BCUT2D eigenvalue weighted by atomic mass is 9.91. The number of methoxy groups -OCH3 is 1. The molecule has 242 valence electrons. The summed E-state index contributed by atoms with van der Waals surface area (Å²) < 4.78 is 30.1. The van der Waals surface area contributed by atoms with Gasteiger partial charge in [0.15, 0.2) is 5.82 Å². The first-order chi connectivity index (χ1) is 22.2. The van der Waals surface area contributed by atoms with Gasteiger partial charge in [-0.1, -0.05) is 6.07 Å². The molecule has 1 spiro atoms. The third-order valence-corrected chi connectivity index (χ3v) is 10.3. The van der Waals surface area contributed by atoms with Gasteiger partial charge in [0.25, 0.3) is 5.91 Å². The van der Waals surface area contributed by atoms with Gasteiger partial charge >= 0.3 is 6.09 Å². The molecular weight excluding hydrogens is 589 g/mol. The van der Waals surface area contributed by atoms with Gasteiger partial charge in [0.2, 0.25) is 0 Å². The topological polar surface area (TPSA) is 120 Å². The average Bonchev–Trinajstić information content (AvgIpc) is 3.58. The van der Waals surface area contributed by atoms with E-state index in [2.05, 4.69) is 39.0 Å². The normalized spacial score (nSPS) is 22.9. The second kappa shape index (κ2) is 10.9. The van der Waals surface area contributed by atoms with Gasteiger partial charge in [0.1, 0.15) is 23.0 Å². The van der Waals surface area contributed by atoms with Gasteiger partial charge in [-0.2, -0.15) is 0 Å². The van der Waals surface area contributed by atoms with Crippen LogP contribution in [0.25, 0.3) is 33.5 Å². The highest BCUT2D eigenvalue weighted by Crippen LogP contribution is 2.40. The zero-order valence-corrected chi connectivity index (χ0v) is 26.3. The molecule has 2 atom stereocenters. The van der Waals surface area contributed by atoms with E-state index >= 15 is 0 Å². The second-order valence-electron chi connectivity index (χ2n) is 13.6. The molecule has 46 heavy (non-hydrogen) atoms. The van der Waals surface area contributed by atoms with E-state index in [1.807, 2.05) is 11.6 Å². The van der Waals surface area contributed by atoms with E-state index in [1.165, 1.54) is 17.7 Å². The molecule has 3 aliphatic heterocycles. The number of aryl methyl sites for hydroxylation is 1. The number of hydrogen-bond acceptors (Lipinski definition) is 7. The number of imidazole rings is 1. The molecule has 0 bridgehead atoms. The molecule has 1 aliphatic carbocycles. The van der Waals surface area contributed by atoms with Crippen molar-refractivity contribution < 1.29 is 23.5 Å². The largest absolute Gasteiger partial charge is 0.494 e. The van der Waals surface area contributed by atoms with Crippen molar-refractivity contribution in [1.82, 2.24) is 24.3 Å². The number of nitrogens with two attached hydrogens (primary N) is 1. The molecule has 1 saturated carbocycles. The van der Waals surface area contributed by atoms with Crippen LogP contribution >= 0.6 is 0 Å². The van der Waals surface area contributed by atoms with Gasteiger partial charge in [-0.3, -0.25) is 4.79 Å². The van der Waals surface area contributed by atoms with Crippen LogP contribution in [-0.2, 0) is 18.3 Å². The summed E-state index contributed by atoms with van der Waals surface area (Å²) in [6.45, 7) is 3.47. The number of nitrogens with one attached hydrogen (secondary N) is 1. The number of piperidine rings is 2. The monoisotopic (exact) mass is 629 g/mol. The fourth-order valence-electron chi connectivity index (χ4n) is 7.57. The number of benzene rings is 2. The summed E-state index contributed by atoms with van der Waals surface area (Å²) in [7, 11) is 3.57. The number of fused-ring (bicyclic) bond motifs is 2. The van der Waals surface area contributed by atoms with Crippen molar-refractivity contribution >= 4 is 39.6 Å². The molecule has 11 nitrogen and oxygen atoms in total. The smallest absolute Gasteiger partial charge is 0.407 e. The molecule has 2 aromatic carbocycles. The predicted octanol–water partition coefficient (Wildman–Crippen LogP) is 4.20. The van der Waals surface area contributed by atoms with E-state index in [0.717, 1.165) is 66.1 Å². The zero-order chi connectivity index (χ0) is 31.7. The molecule has 4 aliphatic rings. The number of anilines is 1. The van der Waals surface area contributed by atoms with Crippen LogP contribution in [-0.4, -0.2) is 88.7 Å². The number of alkyl carbamates (subject to hydrolysis) is 1. The standard InChI is InChI=1S/C34H40FN7O4/c1-39-30-26(11-22(13-29(30)45-2)32(43)41-17-23(35)14-24(36)18-41)38-31(39)28-12-21-5-6-25(15-27(21)42(28)16-20-3-4-20)40-9-7-34(8-10-40)19-37-33(44)46-34/h5-6,11-13,15,20,23-24H,3-4,7-10,14,16-19,36H2,1-2H3,(H,37,44)/t23-,24-/m1/s1. The van der Waals surface area contributed by atoms with Crippen molar-refractivity contribution in [2.24, 2.45) is 18.7 Å². The SMILES string of the molecule is COc1cc(C(=O)N2C[C@H](N)C[C@@H](F)C2)cc2nc(-c3cc4ccc(N5CCC6(CC5)CNC(=O)O6)cc4n3CC3CC3)n(C)c12. The number of alkyl halides is 1. The number of halogens is 1. The van der Waals surface area contributed by atoms with Crippen molar-refractivity contribution in [2.45, 2.75) is 56.5 Å². The highest BCUT2D eigenvalue weighted by atomic mass is 19.1. The summed E-state index contributed by atoms with van der Waals surface area (Å²) >= 11 is 0. The van der Waals surface area contributed by atoms with Gasteiger partial charge in [0, 0.05) is 68.7 Å². The Hall–Kier alpha value is -4.32.